The van der Waals surface area contributed by atoms with Crippen LogP contribution < -0.4 is 0 Å². The van der Waals surface area contributed by atoms with Gasteiger partial charge in [-0.2, -0.15) is 0 Å². The van der Waals surface area contributed by atoms with Crippen molar-refractivity contribution in [3.8, 4) is 0 Å². The summed E-state index contributed by atoms with van der Waals surface area (Å²) in [7, 11) is 0. The van der Waals surface area contributed by atoms with Gasteiger partial charge in [0.1, 0.15) is 0 Å². The van der Waals surface area contributed by atoms with E-state index < -0.39 is 40.8 Å². The van der Waals surface area contributed by atoms with E-state index in [1.54, 1.807) is 27.7 Å². The number of carboxylic acid groups (broad SMARTS) is 2. The zero-order chi connectivity index (χ0) is 18.9. The fourth-order valence-corrected chi connectivity index (χ4v) is 2.67. The van der Waals surface area contributed by atoms with Gasteiger partial charge in [-0.3, -0.25) is 9.59 Å². The normalized spacial score (nSPS) is 31.0. The lowest BCUT2D eigenvalue weighted by Gasteiger charge is -2.45. The molecule has 8 nitrogen and oxygen atoms in total. The summed E-state index contributed by atoms with van der Waals surface area (Å²) in [6.45, 7) is 7.93. The van der Waals surface area contributed by atoms with Crippen LogP contribution in [0.4, 0.5) is 0 Å². The Balaban J connectivity index is 1.82. The highest BCUT2D eigenvalue weighted by Gasteiger charge is 2.45. The predicted molar refractivity (Wildman–Crippen MR) is 85.9 cm³/mol. The zero-order valence-corrected chi connectivity index (χ0v) is 15.2. The first kappa shape index (κ1) is 20.1. The Hall–Kier alpha value is -1.22. The van der Waals surface area contributed by atoms with Gasteiger partial charge in [0.2, 0.25) is 0 Å². The van der Waals surface area contributed by atoms with Gasteiger partial charge in [-0.1, -0.05) is 0 Å². The molecular formula is C17H28O8. The lowest BCUT2D eigenvalue weighted by molar-refractivity contribution is -0.309. The van der Waals surface area contributed by atoms with Crippen molar-refractivity contribution in [2.45, 2.75) is 53.1 Å². The first-order valence-corrected chi connectivity index (χ1v) is 8.39. The topological polar surface area (TPSA) is 112 Å². The molecule has 2 fully saturated rings. The van der Waals surface area contributed by atoms with Gasteiger partial charge in [-0.15, -0.1) is 0 Å². The maximum Gasteiger partial charge on any atom is 0.309 e. The van der Waals surface area contributed by atoms with Gasteiger partial charge < -0.3 is 29.2 Å². The van der Waals surface area contributed by atoms with Gasteiger partial charge in [-0.05, 0) is 27.7 Å². The molecule has 0 atom stereocenters. The van der Waals surface area contributed by atoms with E-state index in [0.717, 1.165) is 0 Å². The standard InChI is InChI=1S/C17H28O8/c1-15(2,13(18)19)5-11-22-7-17(8-23-11)9-24-12(25-10-17)6-16(3,4)14(20)21/h11-12H,5-10H2,1-4H3,(H,18,19)(H,20,21). The molecule has 2 saturated heterocycles. The highest BCUT2D eigenvalue weighted by atomic mass is 16.7. The number of ether oxygens (including phenoxy) is 4. The number of hydrogen-bond acceptors (Lipinski definition) is 6. The van der Waals surface area contributed by atoms with Crippen molar-refractivity contribution in [3.63, 3.8) is 0 Å². The van der Waals surface area contributed by atoms with E-state index in [-0.39, 0.29) is 12.8 Å². The maximum absolute atomic E-state index is 11.2. The van der Waals surface area contributed by atoms with Crippen molar-refractivity contribution >= 4 is 11.9 Å². The summed E-state index contributed by atoms with van der Waals surface area (Å²) >= 11 is 0. The van der Waals surface area contributed by atoms with Crippen LogP contribution in [-0.4, -0.2) is 61.2 Å². The number of rotatable bonds is 6. The van der Waals surface area contributed by atoms with E-state index in [1.165, 1.54) is 0 Å². The number of hydrogen-bond donors (Lipinski definition) is 2. The molecule has 0 aromatic rings. The minimum absolute atomic E-state index is 0.259. The molecule has 8 heteroatoms. The summed E-state index contributed by atoms with van der Waals surface area (Å²) < 4.78 is 22.8. The molecule has 0 radical (unpaired) electrons. The van der Waals surface area contributed by atoms with Gasteiger partial charge >= 0.3 is 11.9 Å². The van der Waals surface area contributed by atoms with Crippen LogP contribution in [-0.2, 0) is 28.5 Å². The molecule has 0 saturated carbocycles. The van der Waals surface area contributed by atoms with Gasteiger partial charge in [0.15, 0.2) is 12.6 Å². The fourth-order valence-electron chi connectivity index (χ4n) is 2.67. The Labute approximate surface area is 147 Å². The highest BCUT2D eigenvalue weighted by Crippen LogP contribution is 2.36. The van der Waals surface area contributed by atoms with Crippen molar-refractivity contribution in [3.05, 3.63) is 0 Å². The van der Waals surface area contributed by atoms with E-state index in [2.05, 4.69) is 0 Å². The molecular weight excluding hydrogens is 332 g/mol. The van der Waals surface area contributed by atoms with E-state index >= 15 is 0 Å². The number of aliphatic carboxylic acids is 2. The second-order valence-corrected chi connectivity index (χ2v) is 8.39. The minimum Gasteiger partial charge on any atom is -0.481 e. The second-order valence-electron chi connectivity index (χ2n) is 8.39. The first-order chi connectivity index (χ1) is 11.5. The molecule has 0 unspecified atom stereocenters. The van der Waals surface area contributed by atoms with E-state index in [4.69, 9.17) is 18.9 Å². The van der Waals surface area contributed by atoms with Gasteiger partial charge in [0, 0.05) is 12.8 Å². The minimum atomic E-state index is -0.928. The molecule has 0 aromatic heterocycles. The summed E-state index contributed by atoms with van der Waals surface area (Å²) in [4.78, 5) is 22.4. The van der Waals surface area contributed by atoms with Crippen LogP contribution in [0.5, 0.6) is 0 Å². The van der Waals surface area contributed by atoms with Gasteiger partial charge in [0.25, 0.3) is 0 Å². The lowest BCUT2D eigenvalue weighted by Crippen LogP contribution is -2.53. The molecule has 2 N–H and O–H groups in total. The molecule has 2 heterocycles. The summed E-state index contributed by atoms with van der Waals surface area (Å²) in [5, 5.41) is 18.4. The summed E-state index contributed by atoms with van der Waals surface area (Å²) in [5.41, 5.74) is -2.29. The molecule has 1 spiro atoms. The molecule has 0 aliphatic carbocycles. The monoisotopic (exact) mass is 360 g/mol. The molecule has 0 aromatic carbocycles. The largest absolute Gasteiger partial charge is 0.481 e. The average molecular weight is 360 g/mol. The third-order valence-electron chi connectivity index (χ3n) is 4.81. The van der Waals surface area contributed by atoms with Crippen LogP contribution in [0.3, 0.4) is 0 Å². The summed E-state index contributed by atoms with van der Waals surface area (Å²) in [6.07, 6.45) is -0.619. The Morgan fingerprint density at radius 3 is 1.32 bits per heavy atom. The van der Waals surface area contributed by atoms with E-state index in [1.807, 2.05) is 0 Å². The predicted octanol–water partition coefficient (Wildman–Crippen LogP) is 1.72. The Kier molecular flexibility index (Phi) is 5.78. The third-order valence-corrected chi connectivity index (χ3v) is 4.81. The molecule has 0 amide bonds. The highest BCUT2D eigenvalue weighted by molar-refractivity contribution is 5.73. The molecule has 25 heavy (non-hydrogen) atoms. The van der Waals surface area contributed by atoms with E-state index in [0.29, 0.717) is 26.4 Å². The van der Waals surface area contributed by atoms with Crippen LogP contribution in [0.15, 0.2) is 0 Å². The van der Waals surface area contributed by atoms with Crippen LogP contribution in [0.2, 0.25) is 0 Å². The quantitative estimate of drug-likeness (QED) is 0.736. The van der Waals surface area contributed by atoms with Crippen LogP contribution in [0, 0.1) is 16.2 Å². The maximum atomic E-state index is 11.2. The molecule has 2 rings (SSSR count). The second kappa shape index (κ2) is 7.19. The number of carboxylic acids is 2. The smallest absolute Gasteiger partial charge is 0.309 e. The van der Waals surface area contributed by atoms with E-state index in [9.17, 15) is 19.8 Å². The Bertz CT molecular complexity index is 447. The molecule has 0 bridgehead atoms. The molecule has 2 aliphatic rings. The zero-order valence-electron chi connectivity index (χ0n) is 15.2. The SMILES string of the molecule is CC(C)(CC1OCC2(CO1)COC(CC(C)(C)C(=O)O)OC2)C(=O)O. The van der Waals surface area contributed by atoms with Crippen LogP contribution in [0.25, 0.3) is 0 Å². The van der Waals surface area contributed by atoms with Crippen molar-refractivity contribution in [1.82, 2.24) is 0 Å². The Morgan fingerprint density at radius 1 is 0.800 bits per heavy atom. The summed E-state index contributed by atoms with van der Waals surface area (Å²) in [6, 6.07) is 0. The van der Waals surface area contributed by atoms with Crippen LogP contribution >= 0.6 is 0 Å². The number of carbonyl (C=O) groups is 2. The Morgan fingerprint density at radius 2 is 1.08 bits per heavy atom. The average Bonchev–Trinajstić information content (AvgIpc) is 2.51. The summed E-state index contributed by atoms with van der Waals surface area (Å²) in [5.74, 6) is -1.79. The fraction of sp³-hybridized carbons (Fsp3) is 0.882. The van der Waals surface area contributed by atoms with Gasteiger partial charge in [-0.25, -0.2) is 0 Å². The van der Waals surface area contributed by atoms with Gasteiger partial charge in [0.05, 0.1) is 42.7 Å². The van der Waals surface area contributed by atoms with Crippen molar-refractivity contribution < 1.29 is 38.7 Å². The van der Waals surface area contributed by atoms with Crippen molar-refractivity contribution in [1.29, 1.82) is 0 Å². The van der Waals surface area contributed by atoms with Crippen molar-refractivity contribution in [2.24, 2.45) is 16.2 Å². The molecule has 2 aliphatic heterocycles. The lowest BCUT2D eigenvalue weighted by atomic mass is 9.86. The van der Waals surface area contributed by atoms with Crippen molar-refractivity contribution in [2.75, 3.05) is 26.4 Å². The molecule has 144 valence electrons. The first-order valence-electron chi connectivity index (χ1n) is 8.39. The third kappa shape index (κ3) is 4.91. The van der Waals surface area contributed by atoms with Crippen LogP contribution in [0.1, 0.15) is 40.5 Å².